The molecule has 0 aliphatic carbocycles. The van der Waals surface area contributed by atoms with Crippen LogP contribution in [-0.4, -0.2) is 34.4 Å². The molecule has 0 saturated heterocycles. The maximum absolute atomic E-state index is 11.7. The summed E-state index contributed by atoms with van der Waals surface area (Å²) in [4.78, 5) is 23.1. The van der Waals surface area contributed by atoms with Gasteiger partial charge in [0.05, 0.1) is 12.7 Å². The number of H-pyrrole nitrogens is 1. The molecule has 0 bridgehead atoms. The number of esters is 1. The Morgan fingerprint density at radius 1 is 1.00 bits per heavy atom. The Morgan fingerprint density at radius 3 is 2.38 bits per heavy atom. The van der Waals surface area contributed by atoms with Crippen LogP contribution in [0.4, 0.5) is 0 Å². The SMILES string of the molecule is COC(=O)c1cccc(-c2cccc(-c3n[nH]nc3C(N)=O)c2)c1. The van der Waals surface area contributed by atoms with E-state index < -0.39 is 11.9 Å². The highest BCUT2D eigenvalue weighted by Gasteiger charge is 2.15. The first-order valence-electron chi connectivity index (χ1n) is 7.10. The minimum atomic E-state index is -0.656. The van der Waals surface area contributed by atoms with Gasteiger partial charge in [-0.15, -0.1) is 0 Å². The van der Waals surface area contributed by atoms with Gasteiger partial charge in [-0.25, -0.2) is 4.79 Å². The van der Waals surface area contributed by atoms with Crippen LogP contribution in [0.3, 0.4) is 0 Å². The first-order valence-corrected chi connectivity index (χ1v) is 7.10. The number of ether oxygens (including phenoxy) is 1. The first-order chi connectivity index (χ1) is 11.6. The lowest BCUT2D eigenvalue weighted by atomic mass is 9.99. The number of carbonyl (C=O) groups is 2. The zero-order chi connectivity index (χ0) is 17.1. The normalized spacial score (nSPS) is 10.4. The van der Waals surface area contributed by atoms with E-state index in [9.17, 15) is 9.59 Å². The van der Waals surface area contributed by atoms with Gasteiger partial charge >= 0.3 is 5.97 Å². The Hall–Kier alpha value is -3.48. The maximum atomic E-state index is 11.7. The number of methoxy groups -OCH3 is 1. The molecule has 0 radical (unpaired) electrons. The average molecular weight is 322 g/mol. The Morgan fingerprint density at radius 2 is 1.67 bits per heavy atom. The molecule has 3 rings (SSSR count). The van der Waals surface area contributed by atoms with Crippen molar-refractivity contribution in [1.29, 1.82) is 0 Å². The molecular formula is C17H14N4O3. The van der Waals surface area contributed by atoms with Crippen LogP contribution in [0.2, 0.25) is 0 Å². The summed E-state index contributed by atoms with van der Waals surface area (Å²) in [6.45, 7) is 0. The molecule has 0 atom stereocenters. The Bertz CT molecular complexity index is 917. The summed E-state index contributed by atoms with van der Waals surface area (Å²) >= 11 is 0. The van der Waals surface area contributed by atoms with E-state index in [1.807, 2.05) is 24.3 Å². The summed E-state index contributed by atoms with van der Waals surface area (Å²) in [7, 11) is 1.34. The number of hydrogen-bond acceptors (Lipinski definition) is 5. The van der Waals surface area contributed by atoms with Crippen LogP contribution >= 0.6 is 0 Å². The number of aromatic amines is 1. The maximum Gasteiger partial charge on any atom is 0.337 e. The van der Waals surface area contributed by atoms with E-state index in [1.54, 1.807) is 24.3 Å². The van der Waals surface area contributed by atoms with Crippen LogP contribution in [0, 0.1) is 0 Å². The van der Waals surface area contributed by atoms with Crippen LogP contribution in [0.5, 0.6) is 0 Å². The minimum absolute atomic E-state index is 0.0791. The monoisotopic (exact) mass is 322 g/mol. The lowest BCUT2D eigenvalue weighted by molar-refractivity contribution is 0.0600. The van der Waals surface area contributed by atoms with E-state index in [0.29, 0.717) is 16.8 Å². The summed E-state index contributed by atoms with van der Waals surface area (Å²) in [5.74, 6) is -1.06. The molecule has 0 fully saturated rings. The van der Waals surface area contributed by atoms with Crippen LogP contribution in [0.1, 0.15) is 20.8 Å². The lowest BCUT2D eigenvalue weighted by Gasteiger charge is -2.06. The van der Waals surface area contributed by atoms with E-state index in [-0.39, 0.29) is 5.69 Å². The second kappa shape index (κ2) is 6.33. The van der Waals surface area contributed by atoms with Crippen molar-refractivity contribution >= 4 is 11.9 Å². The summed E-state index contributed by atoms with van der Waals surface area (Å²) in [6, 6.07) is 14.4. The molecule has 3 aromatic rings. The molecule has 0 unspecified atom stereocenters. The highest BCUT2D eigenvalue weighted by molar-refractivity contribution is 5.97. The summed E-state index contributed by atoms with van der Waals surface area (Å²) in [5.41, 5.74) is 8.61. The number of nitrogens with one attached hydrogen (secondary N) is 1. The molecular weight excluding hydrogens is 308 g/mol. The quantitative estimate of drug-likeness (QED) is 0.714. The van der Waals surface area contributed by atoms with Gasteiger partial charge in [0, 0.05) is 5.56 Å². The van der Waals surface area contributed by atoms with Crippen LogP contribution < -0.4 is 5.73 Å². The molecule has 1 heterocycles. The Kier molecular flexibility index (Phi) is 4.07. The molecule has 0 spiro atoms. The number of aromatic nitrogens is 3. The highest BCUT2D eigenvalue weighted by Crippen LogP contribution is 2.27. The number of nitrogens with two attached hydrogens (primary N) is 1. The van der Waals surface area contributed by atoms with E-state index in [4.69, 9.17) is 10.5 Å². The van der Waals surface area contributed by atoms with Gasteiger partial charge in [0.25, 0.3) is 5.91 Å². The fourth-order valence-electron chi connectivity index (χ4n) is 2.39. The van der Waals surface area contributed by atoms with Crippen molar-refractivity contribution in [2.24, 2.45) is 5.73 Å². The van der Waals surface area contributed by atoms with Gasteiger partial charge in [0.15, 0.2) is 5.69 Å². The van der Waals surface area contributed by atoms with E-state index in [1.165, 1.54) is 7.11 Å². The number of benzene rings is 2. The van der Waals surface area contributed by atoms with Crippen molar-refractivity contribution in [3.63, 3.8) is 0 Å². The average Bonchev–Trinajstić information content (AvgIpc) is 3.11. The van der Waals surface area contributed by atoms with Gasteiger partial charge in [0.1, 0.15) is 5.69 Å². The van der Waals surface area contributed by atoms with Crippen LogP contribution in [0.15, 0.2) is 48.5 Å². The number of amides is 1. The van der Waals surface area contributed by atoms with Gasteiger partial charge in [0.2, 0.25) is 0 Å². The molecule has 120 valence electrons. The van der Waals surface area contributed by atoms with E-state index in [2.05, 4.69) is 15.4 Å². The molecule has 24 heavy (non-hydrogen) atoms. The third kappa shape index (κ3) is 2.87. The topological polar surface area (TPSA) is 111 Å². The fourth-order valence-corrected chi connectivity index (χ4v) is 2.39. The van der Waals surface area contributed by atoms with E-state index >= 15 is 0 Å². The van der Waals surface area contributed by atoms with Gasteiger partial charge in [-0.1, -0.05) is 30.3 Å². The number of hydrogen-bond donors (Lipinski definition) is 2. The molecule has 7 nitrogen and oxygen atoms in total. The van der Waals surface area contributed by atoms with Crippen LogP contribution in [-0.2, 0) is 4.74 Å². The smallest absolute Gasteiger partial charge is 0.337 e. The standard InChI is InChI=1S/C17H14N4O3/c1-24-17(23)13-7-3-5-11(9-13)10-4-2-6-12(8-10)14-15(16(18)22)20-21-19-14/h2-9H,1H3,(H2,18,22)(H,19,20,21). The Labute approximate surface area is 137 Å². The molecule has 1 aromatic heterocycles. The first kappa shape index (κ1) is 15.4. The van der Waals surface area contributed by atoms with Crippen molar-refractivity contribution in [3.8, 4) is 22.4 Å². The molecule has 2 aromatic carbocycles. The number of primary amides is 1. The molecule has 7 heteroatoms. The van der Waals surface area contributed by atoms with Crippen molar-refractivity contribution in [1.82, 2.24) is 15.4 Å². The molecule has 0 aliphatic rings. The number of nitrogens with zero attached hydrogens (tertiary/aromatic N) is 2. The Balaban J connectivity index is 2.04. The summed E-state index contributed by atoms with van der Waals surface area (Å²) < 4.78 is 4.74. The highest BCUT2D eigenvalue weighted by atomic mass is 16.5. The molecule has 0 saturated carbocycles. The van der Waals surface area contributed by atoms with Gasteiger partial charge in [-0.2, -0.15) is 15.4 Å². The van der Waals surface area contributed by atoms with Crippen molar-refractivity contribution in [2.75, 3.05) is 7.11 Å². The minimum Gasteiger partial charge on any atom is -0.465 e. The van der Waals surface area contributed by atoms with E-state index in [0.717, 1.165) is 11.1 Å². The molecule has 3 N–H and O–H groups in total. The molecule has 1 amide bonds. The summed E-state index contributed by atoms with van der Waals surface area (Å²) in [5, 5.41) is 10.2. The van der Waals surface area contributed by atoms with Crippen molar-refractivity contribution in [2.45, 2.75) is 0 Å². The predicted octanol–water partition coefficient (Wildman–Crippen LogP) is 2.02. The fraction of sp³-hybridized carbons (Fsp3) is 0.0588. The van der Waals surface area contributed by atoms with Gasteiger partial charge in [-0.05, 0) is 29.3 Å². The molecule has 0 aliphatic heterocycles. The van der Waals surface area contributed by atoms with Crippen LogP contribution in [0.25, 0.3) is 22.4 Å². The lowest BCUT2D eigenvalue weighted by Crippen LogP contribution is -2.12. The summed E-state index contributed by atoms with van der Waals surface area (Å²) in [6.07, 6.45) is 0. The second-order valence-electron chi connectivity index (χ2n) is 5.04. The second-order valence-corrected chi connectivity index (χ2v) is 5.04. The largest absolute Gasteiger partial charge is 0.465 e. The predicted molar refractivity (Wildman–Crippen MR) is 87.1 cm³/mol. The third-order valence-corrected chi connectivity index (χ3v) is 3.53. The third-order valence-electron chi connectivity index (χ3n) is 3.53. The zero-order valence-corrected chi connectivity index (χ0v) is 12.8. The van der Waals surface area contributed by atoms with Crippen molar-refractivity contribution in [3.05, 3.63) is 59.8 Å². The van der Waals surface area contributed by atoms with Gasteiger partial charge in [-0.3, -0.25) is 4.79 Å². The zero-order valence-electron chi connectivity index (χ0n) is 12.8. The number of rotatable bonds is 4. The van der Waals surface area contributed by atoms with Gasteiger partial charge < -0.3 is 10.5 Å². The van der Waals surface area contributed by atoms with Crippen molar-refractivity contribution < 1.29 is 14.3 Å². The number of carbonyl (C=O) groups excluding carboxylic acids is 2.